The lowest BCUT2D eigenvalue weighted by molar-refractivity contribution is -0.384. The summed E-state index contributed by atoms with van der Waals surface area (Å²) in [6.07, 6.45) is 2.17. The number of nitrogen functional groups attached to an aromatic ring is 1. The molecule has 1 aliphatic rings. The Labute approximate surface area is 125 Å². The van der Waals surface area contributed by atoms with E-state index in [2.05, 4.69) is 26.8 Å². The Bertz CT molecular complexity index is 642. The Hall–Kier alpha value is -2.19. The van der Waals surface area contributed by atoms with Crippen molar-refractivity contribution in [2.24, 2.45) is 5.84 Å². The molecule has 3 rings (SSSR count). The van der Waals surface area contributed by atoms with Crippen LogP contribution in [0.2, 0.25) is 0 Å². The fourth-order valence-corrected chi connectivity index (χ4v) is 2.85. The molecule has 0 radical (unpaired) electrons. The number of rotatable bonds is 6. The number of thiophene rings is 1. The first-order valence-corrected chi connectivity index (χ1v) is 7.52. The highest BCUT2D eigenvalue weighted by Crippen LogP contribution is 2.34. The minimum absolute atomic E-state index is 0.0103. The van der Waals surface area contributed by atoms with E-state index in [0.29, 0.717) is 24.2 Å². The first kappa shape index (κ1) is 13.8. The smallest absolute Gasteiger partial charge is 0.276 e. The van der Waals surface area contributed by atoms with Crippen LogP contribution in [-0.2, 0) is 6.54 Å². The van der Waals surface area contributed by atoms with E-state index in [0.717, 1.165) is 12.8 Å². The monoisotopic (exact) mass is 305 g/mol. The zero-order chi connectivity index (χ0) is 14.8. The second kappa shape index (κ2) is 5.66. The number of anilines is 2. The minimum atomic E-state index is -0.429. The molecule has 1 fully saturated rings. The minimum Gasteiger partial charge on any atom is -0.349 e. The highest BCUT2D eigenvalue weighted by Gasteiger charge is 2.31. The first-order valence-electron chi connectivity index (χ1n) is 6.58. The van der Waals surface area contributed by atoms with Gasteiger partial charge in [0.05, 0.1) is 17.1 Å². The first-order chi connectivity index (χ1) is 10.2. The van der Waals surface area contributed by atoms with Gasteiger partial charge in [-0.1, -0.05) is 0 Å². The summed E-state index contributed by atoms with van der Waals surface area (Å²) in [5.41, 5.74) is 3.57. The van der Waals surface area contributed by atoms with Crippen LogP contribution < -0.4 is 16.2 Å². The summed E-state index contributed by atoms with van der Waals surface area (Å²) in [6.45, 7) is 0.701. The number of nitrogens with one attached hydrogen (secondary N) is 1. The van der Waals surface area contributed by atoms with E-state index in [1.807, 2.05) is 5.38 Å². The normalized spacial score (nSPS) is 14.0. The van der Waals surface area contributed by atoms with Crippen molar-refractivity contribution in [1.29, 1.82) is 0 Å². The lowest BCUT2D eigenvalue weighted by atomic mass is 10.3. The van der Waals surface area contributed by atoms with Gasteiger partial charge in [0.15, 0.2) is 0 Å². The topological polar surface area (TPSA) is 97.3 Å². The van der Waals surface area contributed by atoms with Gasteiger partial charge in [-0.15, -0.1) is 0 Å². The molecule has 0 saturated heterocycles. The number of nitro groups is 1. The third kappa shape index (κ3) is 3.11. The summed E-state index contributed by atoms with van der Waals surface area (Å²) in [5, 5.41) is 15.1. The average molecular weight is 305 g/mol. The average Bonchev–Trinajstić information content (AvgIpc) is 3.20. The fourth-order valence-electron chi connectivity index (χ4n) is 2.19. The molecular weight excluding hydrogens is 290 g/mol. The predicted octanol–water partition coefficient (Wildman–Crippen LogP) is 2.51. The van der Waals surface area contributed by atoms with Crippen molar-refractivity contribution in [3.05, 3.63) is 44.6 Å². The Morgan fingerprint density at radius 1 is 1.52 bits per heavy atom. The van der Waals surface area contributed by atoms with E-state index in [9.17, 15) is 10.1 Å². The number of aromatic nitrogens is 1. The van der Waals surface area contributed by atoms with Gasteiger partial charge >= 0.3 is 0 Å². The van der Waals surface area contributed by atoms with E-state index in [1.165, 1.54) is 17.7 Å². The van der Waals surface area contributed by atoms with Gasteiger partial charge in [0.1, 0.15) is 11.6 Å². The second-order valence-electron chi connectivity index (χ2n) is 4.96. The van der Waals surface area contributed by atoms with Crippen molar-refractivity contribution < 1.29 is 4.92 Å². The van der Waals surface area contributed by atoms with Crippen molar-refractivity contribution in [2.75, 3.05) is 10.3 Å². The molecule has 1 aliphatic carbocycles. The van der Waals surface area contributed by atoms with E-state index in [4.69, 9.17) is 5.84 Å². The van der Waals surface area contributed by atoms with Crippen LogP contribution in [0.15, 0.2) is 29.0 Å². The summed E-state index contributed by atoms with van der Waals surface area (Å²) >= 11 is 1.64. The molecule has 1 saturated carbocycles. The van der Waals surface area contributed by atoms with Gasteiger partial charge < -0.3 is 10.3 Å². The third-order valence-corrected chi connectivity index (χ3v) is 4.10. The standard InChI is InChI=1S/C13H15N5O2S/c14-16-12-5-11(18(19)20)6-13(15-12)17(10-1-2-10)7-9-3-4-21-8-9/h3-6,8,10H,1-2,7,14H2,(H,15,16). The molecule has 0 atom stereocenters. The van der Waals surface area contributed by atoms with E-state index >= 15 is 0 Å². The molecule has 7 nitrogen and oxygen atoms in total. The summed E-state index contributed by atoms with van der Waals surface area (Å²) in [7, 11) is 0. The van der Waals surface area contributed by atoms with Gasteiger partial charge in [0.25, 0.3) is 5.69 Å². The zero-order valence-electron chi connectivity index (χ0n) is 11.2. The van der Waals surface area contributed by atoms with E-state index in [1.54, 1.807) is 11.3 Å². The van der Waals surface area contributed by atoms with Crippen molar-refractivity contribution in [3.63, 3.8) is 0 Å². The SMILES string of the molecule is NNc1cc([N+](=O)[O-])cc(N(Cc2ccsc2)C2CC2)n1. The van der Waals surface area contributed by atoms with Gasteiger partial charge in [0, 0.05) is 12.6 Å². The number of hydrogen-bond donors (Lipinski definition) is 2. The van der Waals surface area contributed by atoms with E-state index in [-0.39, 0.29) is 5.69 Å². The summed E-state index contributed by atoms with van der Waals surface area (Å²) in [6, 6.07) is 5.29. The largest absolute Gasteiger partial charge is 0.349 e. The van der Waals surface area contributed by atoms with Crippen LogP contribution in [0.1, 0.15) is 18.4 Å². The maximum Gasteiger partial charge on any atom is 0.276 e. The molecule has 0 amide bonds. The molecule has 2 aromatic rings. The molecule has 0 bridgehead atoms. The van der Waals surface area contributed by atoms with Gasteiger partial charge in [-0.25, -0.2) is 10.8 Å². The predicted molar refractivity (Wildman–Crippen MR) is 82.2 cm³/mol. The van der Waals surface area contributed by atoms with Crippen LogP contribution in [0.25, 0.3) is 0 Å². The molecule has 110 valence electrons. The Kier molecular flexibility index (Phi) is 3.72. The van der Waals surface area contributed by atoms with Gasteiger partial charge in [-0.05, 0) is 35.2 Å². The van der Waals surface area contributed by atoms with Crippen LogP contribution in [0, 0.1) is 10.1 Å². The lowest BCUT2D eigenvalue weighted by Crippen LogP contribution is -2.26. The summed E-state index contributed by atoms with van der Waals surface area (Å²) < 4.78 is 0. The number of hydrogen-bond acceptors (Lipinski definition) is 7. The molecule has 0 spiro atoms. The van der Waals surface area contributed by atoms with Crippen molar-refractivity contribution >= 4 is 28.7 Å². The van der Waals surface area contributed by atoms with Crippen LogP contribution in [-0.4, -0.2) is 15.9 Å². The highest BCUT2D eigenvalue weighted by molar-refractivity contribution is 7.07. The van der Waals surface area contributed by atoms with Crippen LogP contribution in [0.4, 0.5) is 17.3 Å². The van der Waals surface area contributed by atoms with Crippen molar-refractivity contribution in [2.45, 2.75) is 25.4 Å². The number of hydrazine groups is 1. The maximum absolute atomic E-state index is 11.0. The van der Waals surface area contributed by atoms with Crippen LogP contribution in [0.5, 0.6) is 0 Å². The third-order valence-electron chi connectivity index (χ3n) is 3.37. The molecule has 8 heteroatoms. The van der Waals surface area contributed by atoms with Gasteiger partial charge in [-0.3, -0.25) is 10.1 Å². The zero-order valence-corrected chi connectivity index (χ0v) is 12.0. The molecule has 0 aromatic carbocycles. The van der Waals surface area contributed by atoms with Crippen LogP contribution >= 0.6 is 11.3 Å². The Morgan fingerprint density at radius 3 is 2.90 bits per heavy atom. The molecular formula is C13H15N5O2S. The fraction of sp³-hybridized carbons (Fsp3) is 0.308. The molecule has 2 aromatic heterocycles. The van der Waals surface area contributed by atoms with Crippen molar-refractivity contribution in [3.8, 4) is 0 Å². The van der Waals surface area contributed by atoms with Crippen molar-refractivity contribution in [1.82, 2.24) is 4.98 Å². The highest BCUT2D eigenvalue weighted by atomic mass is 32.1. The molecule has 0 unspecified atom stereocenters. The Balaban J connectivity index is 1.94. The molecule has 0 aliphatic heterocycles. The Morgan fingerprint density at radius 2 is 2.33 bits per heavy atom. The van der Waals surface area contributed by atoms with E-state index < -0.39 is 4.92 Å². The van der Waals surface area contributed by atoms with Crippen LogP contribution in [0.3, 0.4) is 0 Å². The number of pyridine rings is 1. The number of nitrogens with two attached hydrogens (primary N) is 1. The quantitative estimate of drug-likeness (QED) is 0.483. The van der Waals surface area contributed by atoms with Gasteiger partial charge in [0.2, 0.25) is 0 Å². The van der Waals surface area contributed by atoms with Gasteiger partial charge in [-0.2, -0.15) is 11.3 Å². The molecule has 3 N–H and O–H groups in total. The maximum atomic E-state index is 11.0. The second-order valence-corrected chi connectivity index (χ2v) is 5.74. The number of nitrogens with zero attached hydrogens (tertiary/aromatic N) is 3. The molecule has 2 heterocycles. The molecule has 21 heavy (non-hydrogen) atoms. The summed E-state index contributed by atoms with van der Waals surface area (Å²) in [4.78, 5) is 17.1. The summed E-state index contributed by atoms with van der Waals surface area (Å²) in [5.74, 6) is 6.25. The lowest BCUT2D eigenvalue weighted by Gasteiger charge is -2.23.